The van der Waals surface area contributed by atoms with Gasteiger partial charge in [-0.25, -0.2) is 0 Å². The van der Waals surface area contributed by atoms with Crippen LogP contribution in [0.5, 0.6) is 0 Å². The Hall–Kier alpha value is 0.0700. The number of hydrogen-bond donors (Lipinski definition) is 1. The van der Waals surface area contributed by atoms with E-state index in [1.807, 2.05) is 11.8 Å². The van der Waals surface area contributed by atoms with Crippen LogP contribution in [0.25, 0.3) is 0 Å². The molecule has 1 heterocycles. The summed E-state index contributed by atoms with van der Waals surface area (Å²) in [5.41, 5.74) is 5.58. The number of nitrogens with zero attached hydrogens (tertiary/aromatic N) is 1. The van der Waals surface area contributed by atoms with E-state index in [1.165, 1.54) is 6.42 Å². The minimum absolute atomic E-state index is 0. The summed E-state index contributed by atoms with van der Waals surface area (Å²) in [6.07, 6.45) is 5.48. The summed E-state index contributed by atoms with van der Waals surface area (Å²) >= 11 is 1.75. The SMILES string of the molecule is CSCC(C)C(=O)N1CCCC(CCN)C1.Cl. The molecule has 17 heavy (non-hydrogen) atoms. The van der Waals surface area contributed by atoms with E-state index in [9.17, 15) is 4.79 Å². The van der Waals surface area contributed by atoms with Gasteiger partial charge in [-0.1, -0.05) is 6.92 Å². The molecule has 102 valence electrons. The van der Waals surface area contributed by atoms with Gasteiger partial charge in [0.15, 0.2) is 0 Å². The van der Waals surface area contributed by atoms with Crippen LogP contribution >= 0.6 is 24.2 Å². The fourth-order valence-electron chi connectivity index (χ4n) is 2.37. The molecule has 0 bridgehead atoms. The highest BCUT2D eigenvalue weighted by Crippen LogP contribution is 2.21. The molecule has 2 unspecified atom stereocenters. The number of carbonyl (C=O) groups excluding carboxylic acids is 1. The van der Waals surface area contributed by atoms with E-state index >= 15 is 0 Å². The van der Waals surface area contributed by atoms with Crippen molar-refractivity contribution in [3.8, 4) is 0 Å². The van der Waals surface area contributed by atoms with Gasteiger partial charge in [-0.2, -0.15) is 11.8 Å². The molecule has 5 heteroatoms. The van der Waals surface area contributed by atoms with Crippen LogP contribution in [-0.2, 0) is 4.79 Å². The molecule has 1 amide bonds. The van der Waals surface area contributed by atoms with E-state index in [1.54, 1.807) is 11.8 Å². The fraction of sp³-hybridized carbons (Fsp3) is 0.917. The molecule has 1 aliphatic rings. The van der Waals surface area contributed by atoms with Crippen molar-refractivity contribution < 1.29 is 4.79 Å². The second kappa shape index (κ2) is 9.06. The molecule has 3 nitrogen and oxygen atoms in total. The molecule has 1 saturated heterocycles. The quantitative estimate of drug-likeness (QED) is 0.838. The van der Waals surface area contributed by atoms with Crippen molar-refractivity contribution in [3.05, 3.63) is 0 Å². The van der Waals surface area contributed by atoms with Gasteiger partial charge in [-0.15, -0.1) is 12.4 Å². The smallest absolute Gasteiger partial charge is 0.226 e. The summed E-state index contributed by atoms with van der Waals surface area (Å²) in [5.74, 6) is 2.04. The molecule has 0 aromatic rings. The topological polar surface area (TPSA) is 46.3 Å². The maximum absolute atomic E-state index is 12.1. The van der Waals surface area contributed by atoms with E-state index in [0.717, 1.165) is 38.2 Å². The van der Waals surface area contributed by atoms with Crippen LogP contribution in [0.4, 0.5) is 0 Å². The monoisotopic (exact) mass is 280 g/mol. The summed E-state index contributed by atoms with van der Waals surface area (Å²) in [5, 5.41) is 0. The maximum Gasteiger partial charge on any atom is 0.226 e. The Balaban J connectivity index is 0.00000256. The first-order chi connectivity index (χ1) is 7.69. The van der Waals surface area contributed by atoms with E-state index in [2.05, 4.69) is 6.26 Å². The van der Waals surface area contributed by atoms with Crippen molar-refractivity contribution in [3.63, 3.8) is 0 Å². The van der Waals surface area contributed by atoms with Crippen LogP contribution < -0.4 is 5.73 Å². The number of carbonyl (C=O) groups is 1. The highest BCUT2D eigenvalue weighted by atomic mass is 35.5. The van der Waals surface area contributed by atoms with Gasteiger partial charge < -0.3 is 10.6 Å². The van der Waals surface area contributed by atoms with Crippen molar-refractivity contribution in [2.75, 3.05) is 31.6 Å². The number of likely N-dealkylation sites (tertiary alicyclic amines) is 1. The first kappa shape index (κ1) is 17.1. The Morgan fingerprint density at radius 1 is 1.59 bits per heavy atom. The Kier molecular flexibility index (Phi) is 9.10. The predicted molar refractivity (Wildman–Crippen MR) is 77.8 cm³/mol. The molecule has 0 aromatic heterocycles. The number of amides is 1. The van der Waals surface area contributed by atoms with Crippen molar-refractivity contribution in [2.24, 2.45) is 17.6 Å². The first-order valence-corrected chi connectivity index (χ1v) is 7.56. The highest BCUT2D eigenvalue weighted by Gasteiger charge is 2.25. The third kappa shape index (κ3) is 5.49. The second-order valence-corrected chi connectivity index (χ2v) is 5.64. The zero-order chi connectivity index (χ0) is 12.0. The number of piperidine rings is 1. The number of nitrogens with two attached hydrogens (primary N) is 1. The number of halogens is 1. The average Bonchev–Trinajstić information content (AvgIpc) is 2.29. The lowest BCUT2D eigenvalue weighted by atomic mass is 9.94. The molecule has 2 N–H and O–H groups in total. The minimum Gasteiger partial charge on any atom is -0.342 e. The van der Waals surface area contributed by atoms with Gasteiger partial charge in [0.2, 0.25) is 5.91 Å². The molecule has 0 aromatic carbocycles. The van der Waals surface area contributed by atoms with Gasteiger partial charge in [-0.3, -0.25) is 4.79 Å². The minimum atomic E-state index is 0. The molecule has 0 saturated carbocycles. The van der Waals surface area contributed by atoms with Gasteiger partial charge >= 0.3 is 0 Å². The van der Waals surface area contributed by atoms with E-state index in [4.69, 9.17) is 5.73 Å². The van der Waals surface area contributed by atoms with Crippen LogP contribution in [0.2, 0.25) is 0 Å². The lowest BCUT2D eigenvalue weighted by Gasteiger charge is -2.34. The molecule has 0 radical (unpaired) electrons. The van der Waals surface area contributed by atoms with Crippen LogP contribution in [0.1, 0.15) is 26.2 Å². The molecule has 1 fully saturated rings. The maximum atomic E-state index is 12.1. The van der Waals surface area contributed by atoms with E-state index < -0.39 is 0 Å². The standard InChI is InChI=1S/C12H24N2OS.ClH/c1-10(9-16-2)12(15)14-7-3-4-11(8-14)5-6-13;/h10-11H,3-9,13H2,1-2H3;1H. The van der Waals surface area contributed by atoms with Gasteiger partial charge in [0.1, 0.15) is 0 Å². The average molecular weight is 281 g/mol. The van der Waals surface area contributed by atoms with Crippen molar-refractivity contribution >= 4 is 30.1 Å². The van der Waals surface area contributed by atoms with Crippen molar-refractivity contribution in [1.29, 1.82) is 0 Å². The zero-order valence-electron chi connectivity index (χ0n) is 10.9. The molecular formula is C12H25ClN2OS. The van der Waals surface area contributed by atoms with Gasteiger partial charge in [0.05, 0.1) is 0 Å². The van der Waals surface area contributed by atoms with Crippen LogP contribution in [0.15, 0.2) is 0 Å². The molecule has 0 spiro atoms. The van der Waals surface area contributed by atoms with Crippen LogP contribution in [0, 0.1) is 11.8 Å². The van der Waals surface area contributed by atoms with Crippen LogP contribution in [-0.4, -0.2) is 42.4 Å². The summed E-state index contributed by atoms with van der Waals surface area (Å²) in [6, 6.07) is 0. The van der Waals surface area contributed by atoms with Crippen LogP contribution in [0.3, 0.4) is 0 Å². The van der Waals surface area contributed by atoms with Crippen molar-refractivity contribution in [2.45, 2.75) is 26.2 Å². The Bertz CT molecular complexity index is 227. The molecule has 2 atom stereocenters. The largest absolute Gasteiger partial charge is 0.342 e. The number of thioether (sulfide) groups is 1. The Morgan fingerprint density at radius 2 is 2.29 bits per heavy atom. The molecular weight excluding hydrogens is 256 g/mol. The highest BCUT2D eigenvalue weighted by molar-refractivity contribution is 7.98. The lowest BCUT2D eigenvalue weighted by molar-refractivity contribution is -0.136. The van der Waals surface area contributed by atoms with E-state index in [-0.39, 0.29) is 18.3 Å². The molecule has 1 rings (SSSR count). The third-order valence-corrected chi connectivity index (χ3v) is 4.08. The normalized spacial score (nSPS) is 21.8. The molecule has 1 aliphatic heterocycles. The number of rotatable bonds is 5. The molecule has 0 aliphatic carbocycles. The van der Waals surface area contributed by atoms with Gasteiger partial charge in [-0.05, 0) is 38.0 Å². The third-order valence-electron chi connectivity index (χ3n) is 3.24. The summed E-state index contributed by atoms with van der Waals surface area (Å²) < 4.78 is 0. The summed E-state index contributed by atoms with van der Waals surface area (Å²) in [6.45, 7) is 4.64. The first-order valence-electron chi connectivity index (χ1n) is 6.16. The lowest BCUT2D eigenvalue weighted by Crippen LogP contribution is -2.43. The fourth-order valence-corrected chi connectivity index (χ4v) is 3.01. The second-order valence-electron chi connectivity index (χ2n) is 4.73. The number of hydrogen-bond acceptors (Lipinski definition) is 3. The Morgan fingerprint density at radius 3 is 2.88 bits per heavy atom. The Labute approximate surface area is 115 Å². The van der Waals surface area contributed by atoms with Crippen molar-refractivity contribution in [1.82, 2.24) is 4.90 Å². The predicted octanol–water partition coefficient (Wildman–Crippen LogP) is 1.99. The van der Waals surface area contributed by atoms with Gasteiger partial charge in [0.25, 0.3) is 0 Å². The summed E-state index contributed by atoms with van der Waals surface area (Å²) in [7, 11) is 0. The van der Waals surface area contributed by atoms with Gasteiger partial charge in [0, 0.05) is 24.8 Å². The zero-order valence-corrected chi connectivity index (χ0v) is 12.5. The van der Waals surface area contributed by atoms with E-state index in [0.29, 0.717) is 11.8 Å². The summed E-state index contributed by atoms with van der Waals surface area (Å²) in [4.78, 5) is 14.2.